The van der Waals surface area contributed by atoms with Crippen LogP contribution in [0.3, 0.4) is 0 Å². The molecule has 0 aromatic rings. The van der Waals surface area contributed by atoms with Crippen molar-refractivity contribution in [1.29, 1.82) is 0 Å². The van der Waals surface area contributed by atoms with Crippen LogP contribution in [0.1, 0.15) is 90.9 Å². The van der Waals surface area contributed by atoms with Gasteiger partial charge >= 0.3 is 5.97 Å². The molecule has 0 radical (unpaired) electrons. The number of likely N-dealkylation sites (N-methyl/N-ethyl adjacent to an activating group) is 1. The number of ketones is 2. The van der Waals surface area contributed by atoms with E-state index in [2.05, 4.69) is 10.6 Å². The fraction of sp³-hybridized carbons (Fsp3) is 0.818. The zero-order valence-electron chi connectivity index (χ0n) is 26.9. The minimum absolute atomic E-state index is 0.000617. The second-order valence-electron chi connectivity index (χ2n) is 14.6. The van der Waals surface area contributed by atoms with Crippen LogP contribution in [0, 0.1) is 23.7 Å². The number of hydrogen-bond donors (Lipinski definition) is 3. The molecule has 5 rings (SSSR count). The van der Waals surface area contributed by atoms with Gasteiger partial charge in [0.05, 0.1) is 49.0 Å². The van der Waals surface area contributed by atoms with E-state index in [-0.39, 0.29) is 84.9 Å². The van der Waals surface area contributed by atoms with Crippen LogP contribution < -0.4 is 10.6 Å². The molecule has 2 aliphatic heterocycles. The molecule has 3 saturated carbocycles. The SMILES string of the molecule is CN1C(=O)CN(CCC(=O)O)C(=O)C2CC(NC(C)(C)C(=O)CC3CCC(NC(=O)C4COC5CCCC(=O)C54)CC3)CCC21. The number of rotatable bonds is 10. The Kier molecular flexibility index (Phi) is 10.3. The Labute approximate surface area is 265 Å². The van der Waals surface area contributed by atoms with Gasteiger partial charge in [-0.2, -0.15) is 0 Å². The zero-order chi connectivity index (χ0) is 32.5. The Bertz CT molecular complexity index is 1180. The summed E-state index contributed by atoms with van der Waals surface area (Å²) in [5.74, 6) is -2.12. The number of nitrogens with zero attached hydrogens (tertiary/aromatic N) is 2. The molecule has 250 valence electrons. The first-order chi connectivity index (χ1) is 21.3. The van der Waals surface area contributed by atoms with Crippen LogP contribution in [-0.2, 0) is 33.5 Å². The minimum atomic E-state index is -1.01. The van der Waals surface area contributed by atoms with Crippen molar-refractivity contribution < 1.29 is 38.6 Å². The van der Waals surface area contributed by atoms with E-state index in [0.717, 1.165) is 44.9 Å². The number of hydrogen-bond acceptors (Lipinski definition) is 8. The summed E-state index contributed by atoms with van der Waals surface area (Å²) in [4.78, 5) is 79.4. The van der Waals surface area contributed by atoms with Crippen molar-refractivity contribution >= 4 is 35.3 Å². The van der Waals surface area contributed by atoms with Crippen molar-refractivity contribution in [3.8, 4) is 0 Å². The monoisotopic (exact) mass is 630 g/mol. The lowest BCUT2D eigenvalue weighted by Gasteiger charge is -2.41. The van der Waals surface area contributed by atoms with Gasteiger partial charge in [0, 0.05) is 44.6 Å². The molecule has 3 amide bonds. The largest absolute Gasteiger partial charge is 0.481 e. The van der Waals surface area contributed by atoms with E-state index < -0.39 is 23.3 Å². The number of Topliss-reactive ketones (excluding diaryl/α,β-unsaturated/α-hetero) is 2. The summed E-state index contributed by atoms with van der Waals surface area (Å²) in [6.45, 7) is 3.98. The normalized spacial score (nSPS) is 34.2. The van der Waals surface area contributed by atoms with Gasteiger partial charge in [0.15, 0.2) is 5.78 Å². The van der Waals surface area contributed by atoms with Gasteiger partial charge in [-0.05, 0) is 77.6 Å². The third-order valence-electron chi connectivity index (χ3n) is 11.1. The molecule has 6 atom stereocenters. The molecular weight excluding hydrogens is 580 g/mol. The smallest absolute Gasteiger partial charge is 0.305 e. The number of fused-ring (bicyclic) bond motifs is 2. The van der Waals surface area contributed by atoms with E-state index in [0.29, 0.717) is 32.3 Å². The Morgan fingerprint density at radius 2 is 1.71 bits per heavy atom. The summed E-state index contributed by atoms with van der Waals surface area (Å²) in [6, 6.07) is -0.281. The average Bonchev–Trinajstić information content (AvgIpc) is 3.42. The highest BCUT2D eigenvalue weighted by molar-refractivity contribution is 5.91. The lowest BCUT2D eigenvalue weighted by atomic mass is 9.77. The molecule has 12 heteroatoms. The number of amides is 3. The Morgan fingerprint density at radius 1 is 1.00 bits per heavy atom. The number of ether oxygens (including phenoxy) is 1. The van der Waals surface area contributed by atoms with Gasteiger partial charge in [0.2, 0.25) is 17.7 Å². The Morgan fingerprint density at radius 3 is 2.42 bits per heavy atom. The quantitative estimate of drug-likeness (QED) is 0.326. The second kappa shape index (κ2) is 13.9. The first-order valence-electron chi connectivity index (χ1n) is 16.9. The van der Waals surface area contributed by atoms with Crippen LogP contribution in [0.25, 0.3) is 0 Å². The lowest BCUT2D eigenvalue weighted by molar-refractivity contribution is -0.141. The number of carboxylic acid groups (broad SMARTS) is 1. The first kappa shape index (κ1) is 33.5. The minimum Gasteiger partial charge on any atom is -0.481 e. The van der Waals surface area contributed by atoms with Gasteiger partial charge in [0.1, 0.15) is 5.78 Å². The molecule has 2 heterocycles. The standard InChI is InChI=1S/C33H50N4O8/c1-33(2,35-21-11-12-24-22(16-21)32(44)37(14-13-29(41)42)17-28(40)36(24)3)27(39)15-19-7-9-20(10-8-19)34-31(43)23-18-45-26-6-4-5-25(38)30(23)26/h19-24,26,30,35H,4-18H2,1-3H3,(H,34,43)(H,41,42). The topological polar surface area (TPSA) is 162 Å². The molecule has 12 nitrogen and oxygen atoms in total. The molecule has 0 aromatic carbocycles. The van der Waals surface area contributed by atoms with Crippen LogP contribution in [0.2, 0.25) is 0 Å². The molecule has 6 unspecified atom stereocenters. The van der Waals surface area contributed by atoms with Crippen LogP contribution >= 0.6 is 0 Å². The predicted molar refractivity (Wildman–Crippen MR) is 163 cm³/mol. The van der Waals surface area contributed by atoms with E-state index >= 15 is 0 Å². The summed E-state index contributed by atoms with van der Waals surface area (Å²) in [7, 11) is 1.71. The Hall–Kier alpha value is -2.86. The molecule has 0 bridgehead atoms. The molecule has 0 aromatic heterocycles. The van der Waals surface area contributed by atoms with Gasteiger partial charge in [-0.1, -0.05) is 0 Å². The molecule has 5 aliphatic rings. The van der Waals surface area contributed by atoms with Crippen molar-refractivity contribution in [2.24, 2.45) is 23.7 Å². The van der Waals surface area contributed by atoms with Gasteiger partial charge in [0.25, 0.3) is 0 Å². The summed E-state index contributed by atoms with van der Waals surface area (Å²) < 4.78 is 5.79. The maximum atomic E-state index is 13.5. The summed E-state index contributed by atoms with van der Waals surface area (Å²) >= 11 is 0. The van der Waals surface area contributed by atoms with Crippen molar-refractivity contribution in [3.05, 3.63) is 0 Å². The van der Waals surface area contributed by atoms with Crippen molar-refractivity contribution in [2.45, 2.75) is 121 Å². The highest BCUT2D eigenvalue weighted by Crippen LogP contribution is 2.37. The Balaban J connectivity index is 1.09. The molecule has 3 aliphatic carbocycles. The van der Waals surface area contributed by atoms with Crippen LogP contribution in [-0.4, -0.2) is 107 Å². The fourth-order valence-electron chi connectivity index (χ4n) is 8.41. The number of nitrogens with one attached hydrogen (secondary N) is 2. The predicted octanol–water partition coefficient (Wildman–Crippen LogP) is 1.69. The number of carboxylic acids is 1. The van der Waals surface area contributed by atoms with E-state index in [1.807, 2.05) is 13.8 Å². The molecule has 45 heavy (non-hydrogen) atoms. The van der Waals surface area contributed by atoms with Crippen molar-refractivity contribution in [3.63, 3.8) is 0 Å². The molecular formula is C33H50N4O8. The molecule has 3 N–H and O–H groups in total. The van der Waals surface area contributed by atoms with Crippen LogP contribution in [0.15, 0.2) is 0 Å². The lowest BCUT2D eigenvalue weighted by Crippen LogP contribution is -2.56. The molecule has 5 fully saturated rings. The molecule has 0 spiro atoms. The van der Waals surface area contributed by atoms with E-state index in [1.54, 1.807) is 11.9 Å². The number of aliphatic carboxylic acids is 1. The number of carbonyl (C=O) groups is 6. The van der Waals surface area contributed by atoms with Gasteiger partial charge < -0.3 is 30.3 Å². The third-order valence-corrected chi connectivity index (χ3v) is 11.1. The third kappa shape index (κ3) is 7.59. The summed E-state index contributed by atoms with van der Waals surface area (Å²) in [5, 5.41) is 15.8. The van der Waals surface area contributed by atoms with Crippen LogP contribution in [0.4, 0.5) is 0 Å². The second-order valence-corrected chi connectivity index (χ2v) is 14.6. The highest BCUT2D eigenvalue weighted by Gasteiger charge is 2.48. The van der Waals surface area contributed by atoms with Crippen molar-refractivity contribution in [1.82, 2.24) is 20.4 Å². The van der Waals surface area contributed by atoms with E-state index in [4.69, 9.17) is 9.84 Å². The average molecular weight is 631 g/mol. The summed E-state index contributed by atoms with van der Waals surface area (Å²) in [5.41, 5.74) is -0.799. The highest BCUT2D eigenvalue weighted by atomic mass is 16.5. The number of carbonyl (C=O) groups excluding carboxylic acids is 5. The maximum absolute atomic E-state index is 13.5. The fourth-order valence-corrected chi connectivity index (χ4v) is 8.41. The van der Waals surface area contributed by atoms with E-state index in [1.165, 1.54) is 4.90 Å². The van der Waals surface area contributed by atoms with Crippen LogP contribution in [0.5, 0.6) is 0 Å². The van der Waals surface area contributed by atoms with Gasteiger partial charge in [-0.15, -0.1) is 0 Å². The van der Waals surface area contributed by atoms with Gasteiger partial charge in [-0.3, -0.25) is 28.8 Å². The first-order valence-corrected chi connectivity index (χ1v) is 16.9. The van der Waals surface area contributed by atoms with E-state index in [9.17, 15) is 28.8 Å². The maximum Gasteiger partial charge on any atom is 0.305 e. The molecule has 2 saturated heterocycles. The zero-order valence-corrected chi connectivity index (χ0v) is 26.9. The summed E-state index contributed by atoms with van der Waals surface area (Å²) in [6.07, 6.45) is 7.42. The van der Waals surface area contributed by atoms with Crippen molar-refractivity contribution in [2.75, 3.05) is 26.7 Å². The van der Waals surface area contributed by atoms with Gasteiger partial charge in [-0.25, -0.2) is 0 Å².